The van der Waals surface area contributed by atoms with Crippen molar-refractivity contribution in [3.63, 3.8) is 0 Å². The van der Waals surface area contributed by atoms with Gasteiger partial charge in [-0.25, -0.2) is 4.79 Å². The molecule has 0 N–H and O–H groups in total. The average molecular weight is 296 g/mol. The van der Waals surface area contributed by atoms with Gasteiger partial charge in [-0.05, 0) is 38.1 Å². The minimum Gasteiger partial charge on any atom is -0.409 e. The molecule has 0 bridgehead atoms. The van der Waals surface area contributed by atoms with Gasteiger partial charge < -0.3 is 4.74 Å². The van der Waals surface area contributed by atoms with E-state index >= 15 is 0 Å². The third-order valence-corrected chi connectivity index (χ3v) is 2.88. The predicted octanol–water partition coefficient (Wildman–Crippen LogP) is 3.11. The SMILES string of the molecule is Cc1nn(C(=O)Oc2ccc(Cl)cc2)c(C)c1[N+](=O)[O-]. The van der Waals surface area contributed by atoms with Gasteiger partial charge in [0.25, 0.3) is 0 Å². The molecule has 20 heavy (non-hydrogen) atoms. The van der Waals surface area contributed by atoms with Crippen molar-refractivity contribution in [2.75, 3.05) is 0 Å². The summed E-state index contributed by atoms with van der Waals surface area (Å²) in [4.78, 5) is 22.2. The first-order valence-electron chi connectivity index (χ1n) is 5.58. The van der Waals surface area contributed by atoms with E-state index in [4.69, 9.17) is 16.3 Å². The average Bonchev–Trinajstić information content (AvgIpc) is 2.67. The number of nitro groups is 1. The fraction of sp³-hybridized carbons (Fsp3) is 0.167. The highest BCUT2D eigenvalue weighted by Crippen LogP contribution is 2.22. The quantitative estimate of drug-likeness (QED) is 0.627. The van der Waals surface area contributed by atoms with E-state index in [1.807, 2.05) is 0 Å². The van der Waals surface area contributed by atoms with Gasteiger partial charge in [0, 0.05) is 5.02 Å². The van der Waals surface area contributed by atoms with Crippen LogP contribution >= 0.6 is 11.6 Å². The molecule has 8 heteroatoms. The van der Waals surface area contributed by atoms with Gasteiger partial charge in [-0.1, -0.05) is 11.6 Å². The van der Waals surface area contributed by atoms with E-state index in [1.165, 1.54) is 26.0 Å². The Hall–Kier alpha value is -2.41. The maximum absolute atomic E-state index is 11.9. The molecule has 0 atom stereocenters. The van der Waals surface area contributed by atoms with Crippen LogP contribution in [0.2, 0.25) is 5.02 Å². The lowest BCUT2D eigenvalue weighted by molar-refractivity contribution is -0.386. The standard InChI is InChI=1S/C12H10ClN3O4/c1-7-11(16(18)19)8(2)15(14-7)12(17)20-10-5-3-9(13)4-6-10/h3-6H,1-2H3. The number of ether oxygens (including phenoxy) is 1. The Morgan fingerprint density at radius 3 is 2.45 bits per heavy atom. The molecule has 0 spiro atoms. The Balaban J connectivity index is 2.28. The van der Waals surface area contributed by atoms with Crippen LogP contribution in [0.3, 0.4) is 0 Å². The molecule has 0 unspecified atom stereocenters. The van der Waals surface area contributed by atoms with Gasteiger partial charge in [0.05, 0.1) is 4.92 Å². The van der Waals surface area contributed by atoms with Crippen LogP contribution in [-0.2, 0) is 0 Å². The Morgan fingerprint density at radius 1 is 1.35 bits per heavy atom. The molecule has 2 aromatic rings. The van der Waals surface area contributed by atoms with Gasteiger partial charge in [-0.2, -0.15) is 9.78 Å². The van der Waals surface area contributed by atoms with Crippen molar-refractivity contribution in [1.29, 1.82) is 0 Å². The first-order valence-corrected chi connectivity index (χ1v) is 5.96. The third kappa shape index (κ3) is 2.62. The molecule has 1 aromatic carbocycles. The number of rotatable bonds is 2. The molecule has 7 nitrogen and oxygen atoms in total. The van der Waals surface area contributed by atoms with Crippen molar-refractivity contribution in [1.82, 2.24) is 9.78 Å². The number of halogens is 1. The lowest BCUT2D eigenvalue weighted by Crippen LogP contribution is -2.19. The fourth-order valence-electron chi connectivity index (χ4n) is 1.72. The number of carbonyl (C=O) groups is 1. The minimum absolute atomic E-state index is 0.117. The number of hydrogen-bond donors (Lipinski definition) is 0. The number of carbonyl (C=O) groups excluding carboxylic acids is 1. The Bertz CT molecular complexity index is 679. The summed E-state index contributed by atoms with van der Waals surface area (Å²) in [7, 11) is 0. The smallest absolute Gasteiger partial charge is 0.409 e. The largest absolute Gasteiger partial charge is 0.440 e. The van der Waals surface area contributed by atoms with E-state index < -0.39 is 11.0 Å². The topological polar surface area (TPSA) is 87.3 Å². The van der Waals surface area contributed by atoms with Crippen molar-refractivity contribution in [3.05, 3.63) is 50.8 Å². The Labute approximate surface area is 118 Å². The highest BCUT2D eigenvalue weighted by atomic mass is 35.5. The van der Waals surface area contributed by atoms with E-state index in [-0.39, 0.29) is 22.8 Å². The van der Waals surface area contributed by atoms with Gasteiger partial charge in [-0.3, -0.25) is 10.1 Å². The zero-order valence-electron chi connectivity index (χ0n) is 10.7. The summed E-state index contributed by atoms with van der Waals surface area (Å²) in [6, 6.07) is 6.16. The Morgan fingerprint density at radius 2 is 1.95 bits per heavy atom. The second kappa shape index (κ2) is 5.30. The number of nitrogens with zero attached hydrogens (tertiary/aromatic N) is 3. The summed E-state index contributed by atoms with van der Waals surface area (Å²) in [6.07, 6.45) is -0.818. The van der Waals surface area contributed by atoms with E-state index in [9.17, 15) is 14.9 Å². The molecule has 1 heterocycles. The van der Waals surface area contributed by atoms with Crippen LogP contribution < -0.4 is 4.74 Å². The highest BCUT2D eigenvalue weighted by Gasteiger charge is 2.25. The lowest BCUT2D eigenvalue weighted by Gasteiger charge is -2.04. The summed E-state index contributed by atoms with van der Waals surface area (Å²) >= 11 is 5.72. The zero-order chi connectivity index (χ0) is 14.9. The molecular weight excluding hydrogens is 286 g/mol. The minimum atomic E-state index is -0.818. The maximum Gasteiger partial charge on any atom is 0.440 e. The molecule has 104 valence electrons. The van der Waals surface area contributed by atoms with Crippen molar-refractivity contribution >= 4 is 23.4 Å². The second-order valence-corrected chi connectivity index (χ2v) is 4.45. The molecule has 0 aliphatic carbocycles. The van der Waals surface area contributed by atoms with Crippen LogP contribution in [0.4, 0.5) is 10.5 Å². The third-order valence-electron chi connectivity index (χ3n) is 2.63. The molecule has 0 saturated carbocycles. The first-order chi connectivity index (χ1) is 9.40. The van der Waals surface area contributed by atoms with Gasteiger partial charge in [0.1, 0.15) is 17.1 Å². The van der Waals surface area contributed by atoms with E-state index in [0.29, 0.717) is 5.02 Å². The van der Waals surface area contributed by atoms with Crippen molar-refractivity contribution in [2.24, 2.45) is 0 Å². The molecule has 0 aliphatic heterocycles. The van der Waals surface area contributed by atoms with E-state index in [1.54, 1.807) is 12.1 Å². The normalized spacial score (nSPS) is 10.3. The molecule has 0 aliphatic rings. The summed E-state index contributed by atoms with van der Waals surface area (Å²) in [5.74, 6) is 0.273. The molecule has 1 aromatic heterocycles. The number of hydrogen-bond acceptors (Lipinski definition) is 5. The summed E-state index contributed by atoms with van der Waals surface area (Å²) < 4.78 is 5.93. The van der Waals surface area contributed by atoms with Gasteiger partial charge in [-0.15, -0.1) is 0 Å². The molecule has 2 rings (SSSR count). The molecule has 0 amide bonds. The van der Waals surface area contributed by atoms with Crippen molar-refractivity contribution in [3.8, 4) is 5.75 Å². The highest BCUT2D eigenvalue weighted by molar-refractivity contribution is 6.30. The maximum atomic E-state index is 11.9. The Kier molecular flexibility index (Phi) is 3.71. The summed E-state index contributed by atoms with van der Waals surface area (Å²) in [5, 5.41) is 15.2. The van der Waals surface area contributed by atoms with Crippen molar-refractivity contribution in [2.45, 2.75) is 13.8 Å². The van der Waals surface area contributed by atoms with Crippen LogP contribution in [0.15, 0.2) is 24.3 Å². The summed E-state index contributed by atoms with van der Waals surface area (Å²) in [5.41, 5.74) is 0.0741. The van der Waals surface area contributed by atoms with Crippen LogP contribution in [0, 0.1) is 24.0 Å². The van der Waals surface area contributed by atoms with E-state index in [2.05, 4.69) is 5.10 Å². The van der Waals surface area contributed by atoms with Gasteiger partial charge in [0.15, 0.2) is 0 Å². The van der Waals surface area contributed by atoms with E-state index in [0.717, 1.165) is 4.68 Å². The van der Waals surface area contributed by atoms with Gasteiger partial charge in [0.2, 0.25) is 0 Å². The molecule has 0 radical (unpaired) electrons. The van der Waals surface area contributed by atoms with Gasteiger partial charge >= 0.3 is 11.8 Å². The van der Waals surface area contributed by atoms with Crippen LogP contribution in [-0.4, -0.2) is 20.8 Å². The van der Waals surface area contributed by atoms with Crippen LogP contribution in [0.1, 0.15) is 11.4 Å². The first kappa shape index (κ1) is 14.0. The monoisotopic (exact) mass is 295 g/mol. The van der Waals surface area contributed by atoms with Crippen molar-refractivity contribution < 1.29 is 14.5 Å². The van der Waals surface area contributed by atoms with Crippen LogP contribution in [0.25, 0.3) is 0 Å². The zero-order valence-corrected chi connectivity index (χ0v) is 11.4. The fourth-order valence-corrected chi connectivity index (χ4v) is 1.85. The van der Waals surface area contributed by atoms with Crippen LogP contribution in [0.5, 0.6) is 5.75 Å². The molecule has 0 fully saturated rings. The predicted molar refractivity (Wildman–Crippen MR) is 71.2 cm³/mol. The molecular formula is C12H10ClN3O4. The molecule has 0 saturated heterocycles. The number of aryl methyl sites for hydroxylation is 1. The second-order valence-electron chi connectivity index (χ2n) is 4.01. The number of benzene rings is 1. The lowest BCUT2D eigenvalue weighted by atomic mass is 10.3. The number of aromatic nitrogens is 2. The summed E-state index contributed by atoms with van der Waals surface area (Å²) in [6.45, 7) is 2.89.